The molecule has 0 saturated carbocycles. The molecule has 0 saturated heterocycles. The molecule has 0 fully saturated rings. The largest absolute Gasteiger partial charge is 0.375 e. The van der Waals surface area contributed by atoms with Gasteiger partial charge in [-0.05, 0) is 11.8 Å². The van der Waals surface area contributed by atoms with Gasteiger partial charge in [0.25, 0.3) is 6.43 Å². The highest BCUT2D eigenvalue weighted by atomic mass is 79.9. The van der Waals surface area contributed by atoms with Gasteiger partial charge in [0.2, 0.25) is 5.91 Å². The van der Waals surface area contributed by atoms with Gasteiger partial charge in [-0.15, -0.1) is 0 Å². The molecule has 0 heterocycles. The Bertz CT molecular complexity index is 226. The predicted octanol–water partition coefficient (Wildman–Crippen LogP) is 2.59. The van der Waals surface area contributed by atoms with Crippen LogP contribution in [0.1, 0.15) is 26.7 Å². The van der Waals surface area contributed by atoms with Gasteiger partial charge in [0.05, 0.1) is 6.61 Å². The van der Waals surface area contributed by atoms with Crippen molar-refractivity contribution in [1.29, 1.82) is 0 Å². The Hall–Kier alpha value is -0.230. The van der Waals surface area contributed by atoms with Crippen LogP contribution in [0.4, 0.5) is 8.78 Å². The molecule has 0 bridgehead atoms. The number of hydrogen-bond donors (Lipinski definition) is 1. The molecule has 0 aromatic rings. The maximum Gasteiger partial charge on any atom is 0.261 e. The molecule has 0 spiro atoms. The number of alkyl halides is 3. The average Bonchev–Trinajstić information content (AvgIpc) is 2.21. The molecule has 0 unspecified atom stereocenters. The van der Waals surface area contributed by atoms with Gasteiger partial charge in [-0.1, -0.05) is 29.8 Å². The first-order chi connectivity index (χ1) is 7.87. The first-order valence-corrected chi connectivity index (χ1v) is 6.68. The number of ether oxygens (including phenoxy) is 1. The van der Waals surface area contributed by atoms with Crippen molar-refractivity contribution in [2.24, 2.45) is 5.41 Å². The van der Waals surface area contributed by atoms with Crippen molar-refractivity contribution in [3.05, 3.63) is 0 Å². The van der Waals surface area contributed by atoms with E-state index >= 15 is 0 Å². The van der Waals surface area contributed by atoms with Gasteiger partial charge < -0.3 is 10.1 Å². The van der Waals surface area contributed by atoms with E-state index in [1.807, 2.05) is 0 Å². The van der Waals surface area contributed by atoms with Gasteiger partial charge >= 0.3 is 0 Å². The Morgan fingerprint density at radius 1 is 1.47 bits per heavy atom. The Morgan fingerprint density at radius 3 is 2.65 bits per heavy atom. The molecular weight excluding hydrogens is 296 g/mol. The number of carbonyl (C=O) groups is 1. The molecule has 0 aliphatic carbocycles. The SMILES string of the molecule is CC(C)(CCBr)CNC(=O)CCOCC(F)F. The van der Waals surface area contributed by atoms with Crippen molar-refractivity contribution in [2.45, 2.75) is 33.1 Å². The fraction of sp³-hybridized carbons (Fsp3) is 0.909. The summed E-state index contributed by atoms with van der Waals surface area (Å²) in [6.07, 6.45) is -1.40. The zero-order valence-electron chi connectivity index (χ0n) is 10.3. The smallest absolute Gasteiger partial charge is 0.261 e. The van der Waals surface area contributed by atoms with Crippen molar-refractivity contribution in [3.63, 3.8) is 0 Å². The average molecular weight is 316 g/mol. The van der Waals surface area contributed by atoms with Crippen molar-refractivity contribution in [2.75, 3.05) is 25.1 Å². The molecule has 0 aromatic heterocycles. The molecule has 17 heavy (non-hydrogen) atoms. The van der Waals surface area contributed by atoms with Crippen molar-refractivity contribution in [1.82, 2.24) is 5.32 Å². The van der Waals surface area contributed by atoms with E-state index in [1.54, 1.807) is 0 Å². The Kier molecular flexibility index (Phi) is 8.68. The molecule has 0 aliphatic rings. The number of nitrogens with one attached hydrogen (secondary N) is 1. The quantitative estimate of drug-likeness (QED) is 0.524. The van der Waals surface area contributed by atoms with Crippen LogP contribution in [0.2, 0.25) is 0 Å². The zero-order chi connectivity index (χ0) is 13.3. The molecule has 1 amide bonds. The molecule has 0 aliphatic heterocycles. The van der Waals surface area contributed by atoms with Crippen LogP contribution in [0.25, 0.3) is 0 Å². The number of carbonyl (C=O) groups excluding carboxylic acids is 1. The van der Waals surface area contributed by atoms with Crippen LogP contribution < -0.4 is 5.32 Å². The molecular formula is C11H20BrF2NO2. The van der Waals surface area contributed by atoms with Crippen molar-refractivity contribution < 1.29 is 18.3 Å². The lowest BCUT2D eigenvalue weighted by molar-refractivity contribution is -0.123. The summed E-state index contributed by atoms with van der Waals surface area (Å²) in [5.74, 6) is -0.165. The summed E-state index contributed by atoms with van der Waals surface area (Å²) in [6, 6.07) is 0. The first kappa shape index (κ1) is 16.8. The number of rotatable bonds is 9. The Morgan fingerprint density at radius 2 is 2.12 bits per heavy atom. The van der Waals surface area contributed by atoms with Crippen LogP contribution in [-0.2, 0) is 9.53 Å². The molecule has 3 nitrogen and oxygen atoms in total. The second-order valence-electron chi connectivity index (χ2n) is 4.60. The van der Waals surface area contributed by atoms with Gasteiger partial charge in [0.1, 0.15) is 6.61 Å². The van der Waals surface area contributed by atoms with E-state index in [0.29, 0.717) is 6.54 Å². The maximum absolute atomic E-state index is 11.7. The topological polar surface area (TPSA) is 38.3 Å². The first-order valence-electron chi connectivity index (χ1n) is 5.56. The summed E-state index contributed by atoms with van der Waals surface area (Å²) in [7, 11) is 0. The number of halogens is 3. The monoisotopic (exact) mass is 315 g/mol. The standard InChI is InChI=1S/C11H20BrF2NO2/c1-11(2,4-5-12)8-15-10(16)3-6-17-7-9(13)14/h9H,3-8H2,1-2H3,(H,15,16). The second-order valence-corrected chi connectivity index (χ2v) is 5.39. The summed E-state index contributed by atoms with van der Waals surface area (Å²) < 4.78 is 28.1. The van der Waals surface area contributed by atoms with E-state index in [1.165, 1.54) is 0 Å². The third-order valence-electron chi connectivity index (χ3n) is 2.25. The summed E-state index contributed by atoms with van der Waals surface area (Å²) in [5.41, 5.74) is 0.0307. The molecule has 0 aromatic carbocycles. The van der Waals surface area contributed by atoms with E-state index in [-0.39, 0.29) is 24.3 Å². The van der Waals surface area contributed by atoms with E-state index < -0.39 is 13.0 Å². The van der Waals surface area contributed by atoms with Crippen LogP contribution in [-0.4, -0.2) is 37.4 Å². The third kappa shape index (κ3) is 10.6. The van der Waals surface area contributed by atoms with Crippen molar-refractivity contribution in [3.8, 4) is 0 Å². The highest BCUT2D eigenvalue weighted by Gasteiger charge is 2.17. The lowest BCUT2D eigenvalue weighted by Gasteiger charge is -2.23. The van der Waals surface area contributed by atoms with E-state index in [4.69, 9.17) is 0 Å². The van der Waals surface area contributed by atoms with Gasteiger partial charge in [-0.25, -0.2) is 8.78 Å². The number of amides is 1. The Labute approximate surface area is 109 Å². The second kappa shape index (κ2) is 8.80. The fourth-order valence-electron chi connectivity index (χ4n) is 1.11. The van der Waals surface area contributed by atoms with Gasteiger partial charge in [-0.3, -0.25) is 4.79 Å². The summed E-state index contributed by atoms with van der Waals surface area (Å²) in [6.45, 7) is 4.12. The van der Waals surface area contributed by atoms with Crippen LogP contribution >= 0.6 is 15.9 Å². The van der Waals surface area contributed by atoms with Gasteiger partial charge in [-0.2, -0.15) is 0 Å². The third-order valence-corrected chi connectivity index (χ3v) is 2.65. The number of hydrogen-bond acceptors (Lipinski definition) is 2. The van der Waals surface area contributed by atoms with Crippen LogP contribution in [0.15, 0.2) is 0 Å². The van der Waals surface area contributed by atoms with E-state index in [9.17, 15) is 13.6 Å². The predicted molar refractivity (Wildman–Crippen MR) is 66.6 cm³/mol. The lowest BCUT2D eigenvalue weighted by atomic mass is 9.90. The maximum atomic E-state index is 11.7. The fourth-order valence-corrected chi connectivity index (χ4v) is 2.18. The van der Waals surface area contributed by atoms with Crippen LogP contribution in [0, 0.1) is 5.41 Å². The minimum atomic E-state index is -2.48. The van der Waals surface area contributed by atoms with Gasteiger partial charge in [0, 0.05) is 18.3 Å². The zero-order valence-corrected chi connectivity index (χ0v) is 11.9. The minimum absolute atomic E-state index is 0.0307. The van der Waals surface area contributed by atoms with E-state index in [0.717, 1.165) is 11.8 Å². The lowest BCUT2D eigenvalue weighted by Crippen LogP contribution is -2.34. The summed E-state index contributed by atoms with van der Waals surface area (Å²) >= 11 is 3.35. The molecule has 1 N–H and O–H groups in total. The highest BCUT2D eigenvalue weighted by Crippen LogP contribution is 2.19. The summed E-state index contributed by atoms with van der Waals surface area (Å²) in [4.78, 5) is 11.3. The molecule has 0 radical (unpaired) electrons. The molecule has 0 atom stereocenters. The molecule has 102 valence electrons. The highest BCUT2D eigenvalue weighted by molar-refractivity contribution is 9.09. The minimum Gasteiger partial charge on any atom is -0.375 e. The normalized spacial score (nSPS) is 11.9. The summed E-state index contributed by atoms with van der Waals surface area (Å²) in [5, 5.41) is 3.65. The van der Waals surface area contributed by atoms with Gasteiger partial charge in [0.15, 0.2) is 0 Å². The van der Waals surface area contributed by atoms with Crippen LogP contribution in [0.5, 0.6) is 0 Å². The molecule has 6 heteroatoms. The Balaban J connectivity index is 3.59. The van der Waals surface area contributed by atoms with Crippen LogP contribution in [0.3, 0.4) is 0 Å². The van der Waals surface area contributed by atoms with Crippen molar-refractivity contribution >= 4 is 21.8 Å². The molecule has 0 rings (SSSR count). The van der Waals surface area contributed by atoms with E-state index in [2.05, 4.69) is 39.8 Å².